The summed E-state index contributed by atoms with van der Waals surface area (Å²) >= 11 is 0. The van der Waals surface area contributed by atoms with Gasteiger partial charge >= 0.3 is 0 Å². The summed E-state index contributed by atoms with van der Waals surface area (Å²) in [7, 11) is 1.56. The normalized spacial score (nSPS) is 10.4. The maximum Gasteiger partial charge on any atom is 0.224 e. The average molecular weight is 258 g/mol. The number of likely N-dealkylation sites (N-methyl/N-ethyl adjacent to an activating group) is 1. The van der Waals surface area contributed by atoms with E-state index < -0.39 is 5.84 Å². The van der Waals surface area contributed by atoms with E-state index in [2.05, 4.69) is 15.8 Å². The topological polar surface area (TPSA) is 127 Å². The lowest BCUT2D eigenvalue weighted by atomic mass is 10.1. The third-order valence-electron chi connectivity index (χ3n) is 2.30. The Morgan fingerprint density at radius 1 is 1.53 bits per heavy atom. The van der Waals surface area contributed by atoms with E-state index in [1.807, 2.05) is 0 Å². The molecule has 0 saturated carbocycles. The zero-order valence-electron chi connectivity index (χ0n) is 10.4. The second-order valence-electron chi connectivity index (χ2n) is 3.60. The summed E-state index contributed by atoms with van der Waals surface area (Å²) < 4.78 is 0. The number of hydrazone groups is 1. The number of nitrogens with zero attached hydrogens (tertiary/aromatic N) is 2. The van der Waals surface area contributed by atoms with Gasteiger partial charge in [0, 0.05) is 7.05 Å². The molecule has 7 heteroatoms. The van der Waals surface area contributed by atoms with E-state index in [0.717, 1.165) is 5.56 Å². The predicted molar refractivity (Wildman–Crippen MR) is 72.8 cm³/mol. The first-order chi connectivity index (χ1) is 9.08. The van der Waals surface area contributed by atoms with Gasteiger partial charge < -0.3 is 11.1 Å². The molecular weight excluding hydrogens is 244 g/mol. The van der Waals surface area contributed by atoms with Crippen LogP contribution in [0.15, 0.2) is 29.4 Å². The number of hydrogen-bond donors (Lipinski definition) is 4. The molecule has 0 spiro atoms. The largest absolute Gasteiger partial charge is 0.382 e. The number of carbonyl (C=O) groups excluding carboxylic acids is 1. The third kappa shape index (κ3) is 4.12. The van der Waals surface area contributed by atoms with Gasteiger partial charge in [-0.1, -0.05) is 18.2 Å². The van der Waals surface area contributed by atoms with Gasteiger partial charge in [0.2, 0.25) is 11.6 Å². The molecule has 0 fully saturated rings. The van der Waals surface area contributed by atoms with Crippen LogP contribution in [0, 0.1) is 16.7 Å². The van der Waals surface area contributed by atoms with Crippen LogP contribution in [0.1, 0.15) is 5.56 Å². The van der Waals surface area contributed by atoms with E-state index in [1.165, 1.54) is 0 Å². The van der Waals surface area contributed by atoms with Gasteiger partial charge in [-0.25, -0.2) is 0 Å². The maximum atomic E-state index is 11.4. The zero-order chi connectivity index (χ0) is 14.3. The van der Waals surface area contributed by atoms with Crippen molar-refractivity contribution in [2.75, 3.05) is 12.5 Å². The van der Waals surface area contributed by atoms with Gasteiger partial charge in [-0.15, -0.1) is 0 Å². The van der Waals surface area contributed by atoms with Crippen LogP contribution in [0.4, 0.5) is 5.69 Å². The summed E-state index contributed by atoms with van der Waals surface area (Å²) in [6.45, 7) is 0. The number of amidine groups is 1. The molecule has 0 atom stereocenters. The van der Waals surface area contributed by atoms with Crippen molar-refractivity contribution in [2.45, 2.75) is 6.42 Å². The number of carbonyl (C=O) groups is 1. The van der Waals surface area contributed by atoms with Crippen LogP contribution in [0.3, 0.4) is 0 Å². The fraction of sp³-hybridized carbons (Fsp3) is 0.167. The first kappa shape index (κ1) is 14.2. The fourth-order valence-corrected chi connectivity index (χ4v) is 1.31. The van der Waals surface area contributed by atoms with Crippen LogP contribution in [-0.2, 0) is 11.2 Å². The van der Waals surface area contributed by atoms with Crippen molar-refractivity contribution in [1.29, 1.82) is 10.7 Å². The number of para-hydroxylation sites is 1. The molecule has 0 heterocycles. The standard InChI is InChI=1S/C12H14N6O/c1-16-11(19)6-8-4-2-3-5-9(8)17-18-10(7-13)12(14)15/h2-5,17H,6H2,1H3,(H3,14,15)(H,16,19)/b18-10+. The van der Waals surface area contributed by atoms with Crippen LogP contribution < -0.4 is 16.5 Å². The highest BCUT2D eigenvalue weighted by Gasteiger charge is 2.07. The summed E-state index contributed by atoms with van der Waals surface area (Å²) in [5, 5.41) is 22.1. The maximum absolute atomic E-state index is 11.4. The molecule has 0 aromatic heterocycles. The SMILES string of the molecule is CNC(=O)Cc1ccccc1N/N=C(\C#N)C(=N)N. The molecule has 5 N–H and O–H groups in total. The van der Waals surface area contributed by atoms with Crippen molar-refractivity contribution >= 4 is 23.1 Å². The summed E-state index contributed by atoms with van der Waals surface area (Å²) in [5.74, 6) is -0.552. The fourth-order valence-electron chi connectivity index (χ4n) is 1.31. The zero-order valence-corrected chi connectivity index (χ0v) is 10.4. The number of anilines is 1. The lowest BCUT2D eigenvalue weighted by Gasteiger charge is -2.08. The highest BCUT2D eigenvalue weighted by Crippen LogP contribution is 2.15. The monoisotopic (exact) mass is 258 g/mol. The van der Waals surface area contributed by atoms with Gasteiger partial charge in [0.15, 0.2) is 5.84 Å². The van der Waals surface area contributed by atoms with Crippen LogP contribution >= 0.6 is 0 Å². The number of amides is 1. The van der Waals surface area contributed by atoms with Crippen LogP contribution in [-0.4, -0.2) is 24.5 Å². The van der Waals surface area contributed by atoms with Gasteiger partial charge in [-0.3, -0.25) is 15.6 Å². The minimum absolute atomic E-state index is 0.134. The molecule has 0 unspecified atom stereocenters. The van der Waals surface area contributed by atoms with E-state index in [4.69, 9.17) is 16.4 Å². The van der Waals surface area contributed by atoms with Gasteiger partial charge in [0.05, 0.1) is 12.1 Å². The quantitative estimate of drug-likeness (QED) is 0.342. The lowest BCUT2D eigenvalue weighted by Crippen LogP contribution is -2.22. The Morgan fingerprint density at radius 2 is 2.21 bits per heavy atom. The second kappa shape index (κ2) is 6.76. The summed E-state index contributed by atoms with van der Waals surface area (Å²) in [6.07, 6.45) is 0.192. The number of benzene rings is 1. The minimum Gasteiger partial charge on any atom is -0.382 e. The Hall–Kier alpha value is -2.88. The number of nitrogens with two attached hydrogens (primary N) is 1. The Balaban J connectivity index is 2.93. The molecule has 0 aliphatic carbocycles. The Bertz CT molecular complexity index is 558. The smallest absolute Gasteiger partial charge is 0.224 e. The van der Waals surface area contributed by atoms with E-state index in [-0.39, 0.29) is 18.0 Å². The molecule has 0 saturated heterocycles. The van der Waals surface area contributed by atoms with Crippen LogP contribution in [0.5, 0.6) is 0 Å². The van der Waals surface area contributed by atoms with Crippen molar-refractivity contribution in [3.05, 3.63) is 29.8 Å². The van der Waals surface area contributed by atoms with Crippen molar-refractivity contribution in [2.24, 2.45) is 10.8 Å². The molecule has 98 valence electrons. The van der Waals surface area contributed by atoms with Crippen molar-refractivity contribution < 1.29 is 4.79 Å². The van der Waals surface area contributed by atoms with E-state index in [1.54, 1.807) is 37.4 Å². The number of rotatable bonds is 5. The first-order valence-electron chi connectivity index (χ1n) is 5.45. The van der Waals surface area contributed by atoms with Crippen molar-refractivity contribution in [3.63, 3.8) is 0 Å². The first-order valence-corrected chi connectivity index (χ1v) is 5.45. The van der Waals surface area contributed by atoms with E-state index >= 15 is 0 Å². The van der Waals surface area contributed by atoms with Gasteiger partial charge in [-0.2, -0.15) is 10.4 Å². The molecule has 0 bridgehead atoms. The van der Waals surface area contributed by atoms with E-state index in [0.29, 0.717) is 5.69 Å². The van der Waals surface area contributed by atoms with Crippen molar-refractivity contribution in [1.82, 2.24) is 5.32 Å². The number of nitriles is 1. The minimum atomic E-state index is -0.418. The molecule has 1 aromatic rings. The number of hydrogen-bond acceptors (Lipinski definition) is 5. The van der Waals surface area contributed by atoms with Gasteiger partial charge in [-0.05, 0) is 11.6 Å². The highest BCUT2D eigenvalue weighted by molar-refractivity contribution is 6.45. The average Bonchev–Trinajstić information content (AvgIpc) is 2.40. The summed E-state index contributed by atoms with van der Waals surface area (Å²) in [6, 6.07) is 8.76. The molecule has 7 nitrogen and oxygen atoms in total. The lowest BCUT2D eigenvalue weighted by molar-refractivity contribution is -0.119. The van der Waals surface area contributed by atoms with Gasteiger partial charge in [0.1, 0.15) is 6.07 Å². The highest BCUT2D eigenvalue weighted by atomic mass is 16.1. The predicted octanol–water partition coefficient (Wildman–Crippen LogP) is 0.203. The molecule has 19 heavy (non-hydrogen) atoms. The summed E-state index contributed by atoms with van der Waals surface area (Å²) in [5.41, 5.74) is 8.92. The second-order valence-corrected chi connectivity index (χ2v) is 3.60. The molecular formula is C12H14N6O. The number of nitrogens with one attached hydrogen (secondary N) is 3. The molecule has 0 aliphatic rings. The Kier molecular flexibility index (Phi) is 5.04. The van der Waals surface area contributed by atoms with Crippen LogP contribution in [0.2, 0.25) is 0 Å². The molecule has 1 rings (SSSR count). The Morgan fingerprint density at radius 3 is 2.79 bits per heavy atom. The molecule has 0 aliphatic heterocycles. The molecule has 1 amide bonds. The Labute approximate surface area is 110 Å². The molecule has 0 radical (unpaired) electrons. The third-order valence-corrected chi connectivity index (χ3v) is 2.30. The van der Waals surface area contributed by atoms with E-state index in [9.17, 15) is 4.79 Å². The van der Waals surface area contributed by atoms with Crippen LogP contribution in [0.25, 0.3) is 0 Å². The van der Waals surface area contributed by atoms with Gasteiger partial charge in [0.25, 0.3) is 0 Å². The molecule has 1 aromatic carbocycles. The summed E-state index contributed by atoms with van der Waals surface area (Å²) in [4.78, 5) is 11.4. The van der Waals surface area contributed by atoms with Crippen molar-refractivity contribution in [3.8, 4) is 6.07 Å².